The average molecular weight is 825 g/mol. The van der Waals surface area contributed by atoms with E-state index in [2.05, 4.69) is 142 Å². The first-order valence-corrected chi connectivity index (χ1v) is 22.5. The van der Waals surface area contributed by atoms with E-state index in [1.54, 1.807) is 0 Å². The summed E-state index contributed by atoms with van der Waals surface area (Å²) in [5, 5.41) is 5.62. The van der Waals surface area contributed by atoms with E-state index in [1.807, 2.05) is 0 Å². The fourth-order valence-corrected chi connectivity index (χ4v) is 8.96. The minimum absolute atomic E-state index is 0. The van der Waals surface area contributed by atoms with Crippen molar-refractivity contribution in [3.8, 4) is 22.3 Å². The Kier molecular flexibility index (Phi) is 19.1. The fourth-order valence-electron chi connectivity index (χ4n) is 8.96. The Labute approximate surface area is 345 Å². The summed E-state index contributed by atoms with van der Waals surface area (Å²) < 4.78 is 0. The molecule has 2 radical (unpaired) electrons. The van der Waals surface area contributed by atoms with Crippen LogP contribution in [0, 0.1) is 25.7 Å². The van der Waals surface area contributed by atoms with E-state index in [0.717, 1.165) is 0 Å². The molecule has 0 atom stereocenters. The van der Waals surface area contributed by atoms with Crippen molar-refractivity contribution in [1.82, 2.24) is 0 Å². The Balaban J connectivity index is 0.000000320. The van der Waals surface area contributed by atoms with Crippen LogP contribution >= 0.6 is 24.8 Å². The van der Waals surface area contributed by atoms with E-state index < -0.39 is 0 Å². The Morgan fingerprint density at radius 2 is 0.865 bits per heavy atom. The van der Waals surface area contributed by atoms with E-state index in [-0.39, 0.29) is 39.7 Å². The molecule has 52 heavy (non-hydrogen) atoms. The van der Waals surface area contributed by atoms with Crippen molar-refractivity contribution >= 4 is 53.2 Å². The van der Waals surface area contributed by atoms with Gasteiger partial charge in [0.15, 0.2) is 0 Å². The van der Waals surface area contributed by atoms with Gasteiger partial charge in [-0.15, -0.1) is 93.9 Å². The van der Waals surface area contributed by atoms with Gasteiger partial charge in [0.05, 0.1) is 0 Å². The van der Waals surface area contributed by atoms with Crippen LogP contribution in [-0.4, -0.2) is 6.88 Å². The fraction of sp³-hybridized carbons (Fsp3) is 0.333. The van der Waals surface area contributed by atoms with Gasteiger partial charge in [-0.05, 0) is 60.5 Å². The van der Waals surface area contributed by atoms with Gasteiger partial charge < -0.3 is 14.9 Å². The second-order valence-corrected chi connectivity index (χ2v) is 14.6. The van der Waals surface area contributed by atoms with Crippen molar-refractivity contribution in [2.75, 3.05) is 0 Å². The van der Waals surface area contributed by atoms with Gasteiger partial charge in [-0.2, -0.15) is 12.1 Å². The third-order valence-corrected chi connectivity index (χ3v) is 11.8. The van der Waals surface area contributed by atoms with E-state index >= 15 is 0 Å². The molecule has 0 heterocycles. The summed E-state index contributed by atoms with van der Waals surface area (Å²) in [7, 11) is 0. The van der Waals surface area contributed by atoms with Gasteiger partial charge in [0, 0.05) is 0 Å². The predicted molar refractivity (Wildman–Crippen MR) is 233 cm³/mol. The summed E-state index contributed by atoms with van der Waals surface area (Å²) in [6.45, 7) is 7.82. The Morgan fingerprint density at radius 3 is 1.19 bits per heavy atom. The van der Waals surface area contributed by atoms with Crippen LogP contribution in [0.4, 0.5) is 0 Å². The second kappa shape index (κ2) is 21.6. The van der Waals surface area contributed by atoms with Crippen molar-refractivity contribution in [3.63, 3.8) is 0 Å². The molecule has 0 spiro atoms. The third-order valence-electron chi connectivity index (χ3n) is 11.8. The number of benzene rings is 4. The first kappa shape index (κ1) is 45.9. The molecule has 2 aliphatic carbocycles. The molecule has 6 aromatic rings. The zero-order valence-corrected chi connectivity index (χ0v) is 36.9. The summed E-state index contributed by atoms with van der Waals surface area (Å²) in [6, 6.07) is 44.7. The molecule has 0 bridgehead atoms. The molecule has 6 aromatic carbocycles. The number of rotatable bonds is 8. The van der Waals surface area contributed by atoms with E-state index in [9.17, 15) is 0 Å². The van der Waals surface area contributed by atoms with Crippen molar-refractivity contribution in [2.45, 2.75) is 90.9 Å². The van der Waals surface area contributed by atoms with Crippen LogP contribution in [0.3, 0.4) is 0 Å². The Morgan fingerprint density at radius 1 is 0.519 bits per heavy atom. The number of hydrogen-bond acceptors (Lipinski definition) is 0. The van der Waals surface area contributed by atoms with E-state index in [0.29, 0.717) is 10.8 Å². The monoisotopic (exact) mass is 822 g/mol. The van der Waals surface area contributed by atoms with Gasteiger partial charge in [-0.25, -0.2) is 0 Å². The molecule has 2 aliphatic rings. The van der Waals surface area contributed by atoms with E-state index in [4.69, 9.17) is 0 Å². The van der Waals surface area contributed by atoms with Crippen molar-refractivity contribution in [2.24, 2.45) is 10.8 Å². The molecular formula is C48H58Cl2SiZr-4. The van der Waals surface area contributed by atoms with Gasteiger partial charge in [-0.3, -0.25) is 0 Å². The normalized spacial score (nSPS) is 15.0. The van der Waals surface area contributed by atoms with Crippen molar-refractivity contribution in [3.05, 3.63) is 147 Å². The second-order valence-electron chi connectivity index (χ2n) is 14.6. The van der Waals surface area contributed by atoms with E-state index in [1.165, 1.54) is 155 Å². The number of halogens is 2. The summed E-state index contributed by atoms with van der Waals surface area (Å²) in [5.74, 6) is 0. The maximum atomic E-state index is 3.06. The molecule has 2 fully saturated rings. The zero-order valence-electron chi connectivity index (χ0n) is 31.8. The van der Waals surface area contributed by atoms with Crippen molar-refractivity contribution < 1.29 is 23.3 Å². The first-order valence-electron chi connectivity index (χ1n) is 18.3. The summed E-state index contributed by atoms with van der Waals surface area (Å²) in [4.78, 5) is 0. The molecular weight excluding hydrogens is 767 g/mol. The quantitative estimate of drug-likeness (QED) is 0.106. The molecule has 0 aromatic heterocycles. The third kappa shape index (κ3) is 10.5. The SMILES string of the molecule is CCC1(Cc2cc3c(-c4ccccc4)cccc3[cH-]2)CCCC1.CCC1(Cc2cc3c(-c4ccccc4)cccc3[cH-]2)CCCC1.Cl.Cl.[CH3-].[CH3-].[Si]=[Zr]. The van der Waals surface area contributed by atoms with Gasteiger partial charge in [-0.1, -0.05) is 136 Å². The topological polar surface area (TPSA) is 0 Å². The maximum absolute atomic E-state index is 3.06. The molecule has 0 N–H and O–H groups in total. The predicted octanol–water partition coefficient (Wildman–Crippen LogP) is 14.8. The molecule has 276 valence electrons. The van der Waals surface area contributed by atoms with Gasteiger partial charge in [0.1, 0.15) is 0 Å². The molecule has 0 aliphatic heterocycles. The summed E-state index contributed by atoms with van der Waals surface area (Å²) in [5.41, 5.74) is 9.58. The summed E-state index contributed by atoms with van der Waals surface area (Å²) >= 11 is 1.36. The Hall–Kier alpha value is -2.22. The van der Waals surface area contributed by atoms with Crippen LogP contribution < -0.4 is 0 Å². The molecule has 0 saturated heterocycles. The molecule has 0 nitrogen and oxygen atoms in total. The van der Waals surface area contributed by atoms with Crippen LogP contribution in [0.2, 0.25) is 0 Å². The van der Waals surface area contributed by atoms with Gasteiger partial charge >= 0.3 is 30.2 Å². The summed E-state index contributed by atoms with van der Waals surface area (Å²) in [6.07, 6.45) is 16.5. The minimum atomic E-state index is 0. The van der Waals surface area contributed by atoms with Crippen LogP contribution in [0.5, 0.6) is 0 Å². The van der Waals surface area contributed by atoms with Crippen LogP contribution in [0.15, 0.2) is 121 Å². The van der Waals surface area contributed by atoms with Crippen LogP contribution in [0.25, 0.3) is 43.8 Å². The van der Waals surface area contributed by atoms with Crippen molar-refractivity contribution in [1.29, 1.82) is 0 Å². The molecule has 4 heteroatoms. The zero-order chi connectivity index (χ0) is 33.4. The van der Waals surface area contributed by atoms with Gasteiger partial charge in [0.2, 0.25) is 0 Å². The standard InChI is InChI=1S/2C23H25.2CH3.2ClH.Si.Zr/c2*1-2-23(13-6-7-14-23)17-18-15-20-11-8-12-21(22(20)16-18)19-9-4-3-5-10-19;;;;;;/h2*3-5,8-12,15-16H,2,6-7,13-14,17H2,1H3;2*1H3;2*1H;;/q4*-1;;;;. The Bertz CT molecular complexity index is 1750. The first-order chi connectivity index (χ1) is 23.6. The molecule has 2 saturated carbocycles. The van der Waals surface area contributed by atoms with Crippen LogP contribution in [-0.2, 0) is 36.2 Å². The van der Waals surface area contributed by atoms with Crippen LogP contribution in [0.1, 0.15) is 89.2 Å². The molecule has 8 rings (SSSR count). The molecule has 0 unspecified atom stereocenters. The number of hydrogen-bond donors (Lipinski definition) is 0. The average Bonchev–Trinajstić information content (AvgIpc) is 3.97. The molecule has 0 amide bonds. The number of fused-ring (bicyclic) bond motifs is 2. The van der Waals surface area contributed by atoms with Gasteiger partial charge in [0.25, 0.3) is 0 Å².